The molecule has 0 unspecified atom stereocenters. The number of hydrogen-bond acceptors (Lipinski definition) is 2. The van der Waals surface area contributed by atoms with E-state index in [0.29, 0.717) is 0 Å². The summed E-state index contributed by atoms with van der Waals surface area (Å²) in [4.78, 5) is 11.9. The lowest BCUT2D eigenvalue weighted by Gasteiger charge is -2.27. The third-order valence-corrected chi connectivity index (χ3v) is 3.69. The molecule has 2 nitrogen and oxygen atoms in total. The van der Waals surface area contributed by atoms with Gasteiger partial charge in [-0.2, -0.15) is 0 Å². The van der Waals surface area contributed by atoms with Crippen molar-refractivity contribution in [3.8, 4) is 0 Å². The second-order valence-corrected chi connectivity index (χ2v) is 4.40. The minimum absolute atomic E-state index is 0.00292. The Morgan fingerprint density at radius 3 is 2.57 bits per heavy atom. The van der Waals surface area contributed by atoms with E-state index >= 15 is 0 Å². The Kier molecular flexibility index (Phi) is 2.62. The zero-order valence-electron chi connectivity index (χ0n) is 8.84. The van der Waals surface area contributed by atoms with Gasteiger partial charge in [0.1, 0.15) is 0 Å². The quantitative estimate of drug-likeness (QED) is 0.499. The van der Waals surface area contributed by atoms with E-state index in [1.54, 1.807) is 0 Å². The first-order chi connectivity index (χ1) is 6.79. The van der Waals surface area contributed by atoms with Crippen molar-refractivity contribution in [1.29, 1.82) is 0 Å². The molecule has 14 heavy (non-hydrogen) atoms. The molecule has 0 N–H and O–H groups in total. The van der Waals surface area contributed by atoms with Crippen LogP contribution in [-0.4, -0.2) is 13.1 Å². The predicted octanol–water partition coefficient (Wildman–Crippen LogP) is 2.83. The molecular weight excluding hydrogens is 176 g/mol. The van der Waals surface area contributed by atoms with Gasteiger partial charge in [-0.3, -0.25) is 4.79 Å². The molecule has 0 heterocycles. The van der Waals surface area contributed by atoms with E-state index in [2.05, 4.69) is 6.08 Å². The van der Waals surface area contributed by atoms with Gasteiger partial charge in [0.05, 0.1) is 12.5 Å². The molecule has 0 amide bonds. The van der Waals surface area contributed by atoms with Crippen molar-refractivity contribution >= 4 is 5.97 Å². The van der Waals surface area contributed by atoms with Crippen LogP contribution >= 0.6 is 0 Å². The Morgan fingerprint density at radius 1 is 1.36 bits per heavy atom. The van der Waals surface area contributed by atoms with Gasteiger partial charge in [-0.05, 0) is 32.1 Å². The number of hydrogen-bond donors (Lipinski definition) is 0. The summed E-state index contributed by atoms with van der Waals surface area (Å²) < 4.78 is 4.97. The number of methoxy groups -OCH3 is 1. The zero-order chi connectivity index (χ0) is 10.0. The smallest absolute Gasteiger partial charge is 0.315 e. The number of carbonyl (C=O) groups excluding carboxylic acids is 1. The van der Waals surface area contributed by atoms with Crippen LogP contribution in [0.3, 0.4) is 0 Å². The van der Waals surface area contributed by atoms with Crippen LogP contribution < -0.4 is 0 Å². The van der Waals surface area contributed by atoms with E-state index in [-0.39, 0.29) is 11.4 Å². The van der Waals surface area contributed by atoms with Crippen molar-refractivity contribution in [1.82, 2.24) is 0 Å². The maximum Gasteiger partial charge on any atom is 0.315 e. The SMILES string of the molecule is COC(=O)C1(C2=CCCC2)CCCC1. The van der Waals surface area contributed by atoms with Gasteiger partial charge in [0, 0.05) is 0 Å². The first-order valence-corrected chi connectivity index (χ1v) is 5.57. The first kappa shape index (κ1) is 9.75. The van der Waals surface area contributed by atoms with Crippen LogP contribution in [0.15, 0.2) is 11.6 Å². The van der Waals surface area contributed by atoms with Gasteiger partial charge in [-0.15, -0.1) is 0 Å². The van der Waals surface area contributed by atoms with Crippen molar-refractivity contribution in [2.75, 3.05) is 7.11 Å². The molecule has 0 spiro atoms. The lowest BCUT2D eigenvalue weighted by atomic mass is 9.78. The molecule has 0 aromatic rings. The van der Waals surface area contributed by atoms with Crippen molar-refractivity contribution < 1.29 is 9.53 Å². The van der Waals surface area contributed by atoms with Crippen molar-refractivity contribution in [3.05, 3.63) is 11.6 Å². The van der Waals surface area contributed by atoms with E-state index in [1.165, 1.54) is 31.9 Å². The monoisotopic (exact) mass is 194 g/mol. The van der Waals surface area contributed by atoms with Gasteiger partial charge in [0.2, 0.25) is 0 Å². The normalized spacial score (nSPS) is 24.8. The van der Waals surface area contributed by atoms with E-state index < -0.39 is 0 Å². The lowest BCUT2D eigenvalue weighted by molar-refractivity contribution is -0.150. The minimum Gasteiger partial charge on any atom is -0.468 e. The number of carbonyl (C=O) groups is 1. The van der Waals surface area contributed by atoms with Gasteiger partial charge in [-0.25, -0.2) is 0 Å². The molecule has 0 atom stereocenters. The fraction of sp³-hybridized carbons (Fsp3) is 0.750. The molecule has 2 rings (SSSR count). The molecule has 0 saturated heterocycles. The molecule has 1 fully saturated rings. The van der Waals surface area contributed by atoms with Crippen molar-refractivity contribution in [3.63, 3.8) is 0 Å². The second-order valence-electron chi connectivity index (χ2n) is 4.40. The number of rotatable bonds is 2. The van der Waals surface area contributed by atoms with Crippen molar-refractivity contribution in [2.45, 2.75) is 44.9 Å². The summed E-state index contributed by atoms with van der Waals surface area (Å²) in [6, 6.07) is 0. The molecule has 0 aromatic heterocycles. The van der Waals surface area contributed by atoms with E-state index in [0.717, 1.165) is 25.7 Å². The number of esters is 1. The Labute approximate surface area is 85.3 Å². The van der Waals surface area contributed by atoms with Crippen LogP contribution in [0.25, 0.3) is 0 Å². The van der Waals surface area contributed by atoms with Gasteiger partial charge in [0.25, 0.3) is 0 Å². The molecule has 2 heteroatoms. The van der Waals surface area contributed by atoms with E-state index in [9.17, 15) is 4.79 Å². The van der Waals surface area contributed by atoms with E-state index in [1.807, 2.05) is 0 Å². The highest BCUT2D eigenvalue weighted by Gasteiger charge is 2.45. The highest BCUT2D eigenvalue weighted by atomic mass is 16.5. The van der Waals surface area contributed by atoms with Gasteiger partial charge in [0.15, 0.2) is 0 Å². The third kappa shape index (κ3) is 1.37. The van der Waals surface area contributed by atoms with Crippen LogP contribution in [0.4, 0.5) is 0 Å². The molecule has 0 radical (unpaired) electrons. The van der Waals surface area contributed by atoms with Crippen LogP contribution in [0.1, 0.15) is 44.9 Å². The topological polar surface area (TPSA) is 26.3 Å². The Morgan fingerprint density at radius 2 is 2.07 bits per heavy atom. The predicted molar refractivity (Wildman–Crippen MR) is 54.9 cm³/mol. The Balaban J connectivity index is 2.25. The average molecular weight is 194 g/mol. The summed E-state index contributed by atoms with van der Waals surface area (Å²) in [5, 5.41) is 0. The fourth-order valence-electron chi connectivity index (χ4n) is 2.94. The summed E-state index contributed by atoms with van der Waals surface area (Å²) in [6.07, 6.45) is 10.1. The standard InChI is InChI=1S/C12H18O2/c1-14-11(13)12(8-4-5-9-12)10-6-2-3-7-10/h6H,2-5,7-9H2,1H3. The highest BCUT2D eigenvalue weighted by Crippen LogP contribution is 2.48. The average Bonchev–Trinajstić information content (AvgIpc) is 2.86. The minimum atomic E-state index is -0.217. The summed E-state index contributed by atoms with van der Waals surface area (Å²) in [5.41, 5.74) is 1.15. The van der Waals surface area contributed by atoms with Gasteiger partial charge < -0.3 is 4.74 Å². The third-order valence-electron chi connectivity index (χ3n) is 3.69. The van der Waals surface area contributed by atoms with Crippen LogP contribution in [0.2, 0.25) is 0 Å². The van der Waals surface area contributed by atoms with Crippen molar-refractivity contribution in [2.24, 2.45) is 5.41 Å². The van der Waals surface area contributed by atoms with Crippen LogP contribution in [0, 0.1) is 5.41 Å². The molecule has 78 valence electrons. The maximum absolute atomic E-state index is 11.9. The molecule has 0 bridgehead atoms. The molecule has 2 aliphatic rings. The van der Waals surface area contributed by atoms with E-state index in [4.69, 9.17) is 4.74 Å². The Hall–Kier alpha value is -0.790. The zero-order valence-corrected chi connectivity index (χ0v) is 8.84. The molecule has 0 aromatic carbocycles. The first-order valence-electron chi connectivity index (χ1n) is 5.57. The summed E-state index contributed by atoms with van der Waals surface area (Å²) in [7, 11) is 1.51. The number of ether oxygens (including phenoxy) is 1. The maximum atomic E-state index is 11.9. The van der Waals surface area contributed by atoms with Gasteiger partial charge in [-0.1, -0.05) is 24.5 Å². The molecular formula is C12H18O2. The fourth-order valence-corrected chi connectivity index (χ4v) is 2.94. The number of allylic oxidation sites excluding steroid dienone is 1. The summed E-state index contributed by atoms with van der Waals surface area (Å²) >= 11 is 0. The highest BCUT2D eigenvalue weighted by molar-refractivity contribution is 5.81. The Bertz CT molecular complexity index is 259. The summed E-state index contributed by atoms with van der Waals surface area (Å²) in [6.45, 7) is 0. The molecule has 0 aliphatic heterocycles. The second kappa shape index (κ2) is 3.76. The van der Waals surface area contributed by atoms with Crippen LogP contribution in [-0.2, 0) is 9.53 Å². The van der Waals surface area contributed by atoms with Gasteiger partial charge >= 0.3 is 5.97 Å². The van der Waals surface area contributed by atoms with Crippen LogP contribution in [0.5, 0.6) is 0 Å². The largest absolute Gasteiger partial charge is 0.468 e. The molecule has 1 saturated carbocycles. The molecule has 2 aliphatic carbocycles. The summed E-state index contributed by atoms with van der Waals surface area (Å²) in [5.74, 6) is 0.00292. The lowest BCUT2D eigenvalue weighted by Crippen LogP contribution is -2.31.